The van der Waals surface area contributed by atoms with Gasteiger partial charge in [-0.3, -0.25) is 9.69 Å². The zero-order chi connectivity index (χ0) is 33.0. The minimum Gasteiger partial charge on any atom is -0.444 e. The first-order valence-electron chi connectivity index (χ1n) is 15.9. The van der Waals surface area contributed by atoms with E-state index in [9.17, 15) is 24.9 Å². The smallest absolute Gasteiger partial charge is 0.411 e. The highest BCUT2D eigenvalue weighted by Crippen LogP contribution is 2.39. The summed E-state index contributed by atoms with van der Waals surface area (Å²) in [4.78, 5) is 29.4. The number of amides is 2. The summed E-state index contributed by atoms with van der Waals surface area (Å²) in [6.07, 6.45) is 0.0962. The second kappa shape index (κ2) is 15.3. The molecule has 3 saturated heterocycles. The van der Waals surface area contributed by atoms with E-state index in [1.165, 1.54) is 16.7 Å². The molecule has 44 heavy (non-hydrogen) atoms. The number of thioether (sulfide) groups is 1. The molecule has 0 aliphatic carbocycles. The normalized spacial score (nSPS) is 33.7. The largest absolute Gasteiger partial charge is 0.444 e. The van der Waals surface area contributed by atoms with E-state index in [1.807, 2.05) is 13.8 Å². The lowest BCUT2D eigenvalue weighted by molar-refractivity contribution is -0.206. The molecule has 0 aromatic rings. The number of aliphatic hydroxyl groups excluding tert-OH is 3. The highest BCUT2D eigenvalue weighted by Gasteiger charge is 2.53. The fraction of sp³-hybridized carbons (Fsp3) is 0.818. The van der Waals surface area contributed by atoms with Crippen molar-refractivity contribution >= 4 is 23.8 Å². The predicted molar refractivity (Wildman–Crippen MR) is 172 cm³/mol. The summed E-state index contributed by atoms with van der Waals surface area (Å²) < 4.78 is 18.3. The molecule has 0 aromatic carbocycles. The van der Waals surface area contributed by atoms with Crippen LogP contribution >= 0.6 is 11.8 Å². The van der Waals surface area contributed by atoms with Crippen molar-refractivity contribution in [2.75, 3.05) is 18.9 Å². The molecule has 0 bridgehead atoms. The van der Waals surface area contributed by atoms with Crippen molar-refractivity contribution in [2.24, 2.45) is 23.2 Å². The number of fused-ring (bicyclic) bond motifs is 1. The van der Waals surface area contributed by atoms with Gasteiger partial charge in [0.2, 0.25) is 5.91 Å². The lowest BCUT2D eigenvalue weighted by Crippen LogP contribution is -2.64. The summed E-state index contributed by atoms with van der Waals surface area (Å²) in [7, 11) is 0. The van der Waals surface area contributed by atoms with Gasteiger partial charge in [-0.05, 0) is 63.7 Å². The molecular formula is C33H56N2O8S. The fourth-order valence-electron chi connectivity index (χ4n) is 6.61. The van der Waals surface area contributed by atoms with Crippen LogP contribution in [-0.2, 0) is 19.0 Å². The second-order valence-electron chi connectivity index (χ2n) is 14.8. The first kappa shape index (κ1) is 36.8. The number of carbonyl (C=O) groups is 2. The summed E-state index contributed by atoms with van der Waals surface area (Å²) >= 11 is 1.25. The molecule has 11 heteroatoms. The third-order valence-corrected chi connectivity index (χ3v) is 9.87. The highest BCUT2D eigenvalue weighted by molar-refractivity contribution is 7.99. The van der Waals surface area contributed by atoms with Crippen molar-refractivity contribution in [1.29, 1.82) is 0 Å². The summed E-state index contributed by atoms with van der Waals surface area (Å²) in [6, 6.07) is -1.75. The number of aliphatic hydroxyl groups is 3. The Morgan fingerprint density at radius 1 is 1.11 bits per heavy atom. The molecule has 3 rings (SSSR count). The molecule has 3 aliphatic heterocycles. The third kappa shape index (κ3) is 9.45. The second-order valence-corrected chi connectivity index (χ2v) is 15.9. The average Bonchev–Trinajstić information content (AvgIpc) is 3.16. The van der Waals surface area contributed by atoms with Crippen LogP contribution in [0.5, 0.6) is 0 Å². The van der Waals surface area contributed by atoms with Crippen LogP contribution in [-0.4, -0.2) is 105 Å². The Morgan fingerprint density at radius 2 is 1.80 bits per heavy atom. The SMILES string of the molecule is C=CCSC1OC([C@@H](CC(C)(C)C=C)NC(=O)[C@@H]2[C@@H]3OCC[C@@H](CC(C)C)C[C@H]3CN2C(=O)OC(C)(C)C)C(O)C(O)C1O. The van der Waals surface area contributed by atoms with Crippen molar-refractivity contribution in [3.8, 4) is 0 Å². The van der Waals surface area contributed by atoms with Crippen LogP contribution in [0.15, 0.2) is 25.3 Å². The molecule has 2 amide bonds. The molecule has 0 spiro atoms. The Labute approximate surface area is 267 Å². The van der Waals surface area contributed by atoms with Gasteiger partial charge in [-0.15, -0.1) is 24.9 Å². The fourth-order valence-corrected chi connectivity index (χ4v) is 7.50. The molecule has 5 unspecified atom stereocenters. The number of ether oxygens (including phenoxy) is 3. The first-order valence-corrected chi connectivity index (χ1v) is 17.0. The van der Waals surface area contributed by atoms with E-state index >= 15 is 0 Å². The van der Waals surface area contributed by atoms with Crippen LogP contribution in [0, 0.1) is 23.2 Å². The zero-order valence-corrected chi connectivity index (χ0v) is 28.4. The number of allylic oxidation sites excluding steroid dienone is 1. The van der Waals surface area contributed by atoms with Crippen LogP contribution in [0.1, 0.15) is 74.1 Å². The van der Waals surface area contributed by atoms with Crippen molar-refractivity contribution in [2.45, 2.75) is 128 Å². The number of rotatable bonds is 11. The van der Waals surface area contributed by atoms with Gasteiger partial charge >= 0.3 is 6.09 Å². The summed E-state index contributed by atoms with van der Waals surface area (Å²) in [5.74, 6) is 0.926. The molecule has 252 valence electrons. The van der Waals surface area contributed by atoms with Crippen molar-refractivity contribution < 1.29 is 39.1 Å². The molecule has 3 fully saturated rings. The maximum Gasteiger partial charge on any atom is 0.411 e. The maximum atomic E-state index is 14.4. The van der Waals surface area contributed by atoms with E-state index in [1.54, 1.807) is 32.9 Å². The van der Waals surface area contributed by atoms with Gasteiger partial charge in [-0.2, -0.15) is 0 Å². The van der Waals surface area contributed by atoms with Crippen molar-refractivity contribution in [3.63, 3.8) is 0 Å². The third-order valence-electron chi connectivity index (χ3n) is 8.72. The van der Waals surface area contributed by atoms with Gasteiger partial charge in [0.1, 0.15) is 41.5 Å². The Balaban J connectivity index is 1.95. The van der Waals surface area contributed by atoms with Gasteiger partial charge < -0.3 is 34.8 Å². The molecule has 4 N–H and O–H groups in total. The van der Waals surface area contributed by atoms with Crippen LogP contribution < -0.4 is 5.32 Å². The van der Waals surface area contributed by atoms with E-state index in [4.69, 9.17) is 14.2 Å². The standard InChI is InChI=1S/C33H56N2O8S/c1-10-14-44-30-26(38)24(36)25(37)28(42-30)22(17-33(8,9)11-2)34-29(39)23-27-21(16-20(12-13-41-27)15-19(3)4)18-35(23)31(40)43-32(5,6)7/h10-11,19-28,30,36-38H,1-2,12-18H2,3-9H3,(H,34,39)/t20-,21-,22+,23-,24?,25?,26?,27+,28?,30?/m0/s1. The van der Waals surface area contributed by atoms with E-state index < -0.39 is 71.1 Å². The molecule has 10 atom stereocenters. The van der Waals surface area contributed by atoms with E-state index in [2.05, 4.69) is 32.3 Å². The van der Waals surface area contributed by atoms with E-state index in [0.717, 1.165) is 19.3 Å². The van der Waals surface area contributed by atoms with Gasteiger partial charge in [0.25, 0.3) is 0 Å². The van der Waals surface area contributed by atoms with Crippen molar-refractivity contribution in [1.82, 2.24) is 10.2 Å². The average molecular weight is 641 g/mol. The number of likely N-dealkylation sites (tertiary alicyclic amines) is 1. The van der Waals surface area contributed by atoms with Crippen LogP contribution in [0.3, 0.4) is 0 Å². The topological polar surface area (TPSA) is 138 Å². The van der Waals surface area contributed by atoms with Gasteiger partial charge in [0, 0.05) is 24.8 Å². The molecule has 0 saturated carbocycles. The molecule has 10 nitrogen and oxygen atoms in total. The predicted octanol–water partition coefficient (Wildman–Crippen LogP) is 3.88. The van der Waals surface area contributed by atoms with Crippen LogP contribution in [0.4, 0.5) is 4.79 Å². The molecule has 0 radical (unpaired) electrons. The Morgan fingerprint density at radius 3 is 2.39 bits per heavy atom. The zero-order valence-electron chi connectivity index (χ0n) is 27.6. The monoisotopic (exact) mass is 640 g/mol. The van der Waals surface area contributed by atoms with Gasteiger partial charge in [-0.25, -0.2) is 4.79 Å². The number of nitrogens with zero attached hydrogens (tertiary/aromatic N) is 1. The summed E-state index contributed by atoms with van der Waals surface area (Å²) in [5, 5.41) is 35.6. The lowest BCUT2D eigenvalue weighted by atomic mass is 9.81. The molecule has 3 aliphatic rings. The summed E-state index contributed by atoms with van der Waals surface area (Å²) in [5.41, 5.74) is -2.09. The molecule has 3 heterocycles. The minimum absolute atomic E-state index is 0.0410. The van der Waals surface area contributed by atoms with Crippen LogP contribution in [0.25, 0.3) is 0 Å². The Bertz CT molecular complexity index is 1000. The van der Waals surface area contributed by atoms with Gasteiger partial charge in [-0.1, -0.05) is 39.8 Å². The Hall–Kier alpha value is -1.63. The lowest BCUT2D eigenvalue weighted by Gasteiger charge is -2.45. The number of hydrogen-bond acceptors (Lipinski definition) is 9. The quantitative estimate of drug-likeness (QED) is 0.248. The Kier molecular flexibility index (Phi) is 12.8. The van der Waals surface area contributed by atoms with Gasteiger partial charge in [0.05, 0.1) is 12.1 Å². The molecule has 0 aromatic heterocycles. The number of nitrogens with one attached hydrogen (secondary N) is 1. The van der Waals surface area contributed by atoms with Gasteiger partial charge in [0.15, 0.2) is 0 Å². The van der Waals surface area contributed by atoms with Crippen molar-refractivity contribution in [3.05, 3.63) is 25.3 Å². The van der Waals surface area contributed by atoms with Crippen LogP contribution in [0.2, 0.25) is 0 Å². The number of hydrogen-bond donors (Lipinski definition) is 4. The van der Waals surface area contributed by atoms with E-state index in [0.29, 0.717) is 37.2 Å². The number of carbonyl (C=O) groups excluding carboxylic acids is 2. The summed E-state index contributed by atoms with van der Waals surface area (Å²) in [6.45, 7) is 22.1. The molecular weight excluding hydrogens is 584 g/mol. The minimum atomic E-state index is -1.49. The first-order chi connectivity index (χ1) is 20.5. The van der Waals surface area contributed by atoms with E-state index in [-0.39, 0.29) is 5.92 Å². The maximum absolute atomic E-state index is 14.4. The highest BCUT2D eigenvalue weighted by atomic mass is 32.2.